The zero-order chi connectivity index (χ0) is 20.1. The van der Waals surface area contributed by atoms with E-state index in [2.05, 4.69) is 5.32 Å². The molecule has 0 spiro atoms. The molecule has 1 amide bonds. The van der Waals surface area contributed by atoms with E-state index in [4.69, 9.17) is 0 Å². The van der Waals surface area contributed by atoms with Crippen LogP contribution in [0.25, 0.3) is 0 Å². The predicted octanol–water partition coefficient (Wildman–Crippen LogP) is 3.75. The van der Waals surface area contributed by atoms with E-state index in [0.717, 1.165) is 11.1 Å². The molecule has 0 unspecified atom stereocenters. The Morgan fingerprint density at radius 1 is 0.929 bits per heavy atom. The maximum atomic E-state index is 12.9. The minimum atomic E-state index is -3.70. The number of anilines is 1. The Hall–Kier alpha value is -3.12. The molecule has 6 heteroatoms. The molecule has 0 saturated carbocycles. The molecule has 3 aromatic rings. The summed E-state index contributed by atoms with van der Waals surface area (Å²) in [5.74, 6) is -0.258. The van der Waals surface area contributed by atoms with Gasteiger partial charge in [0.1, 0.15) is 0 Å². The summed E-state index contributed by atoms with van der Waals surface area (Å²) in [6.45, 7) is 2.30. The van der Waals surface area contributed by atoms with E-state index in [0.29, 0.717) is 17.8 Å². The lowest BCUT2D eigenvalue weighted by Gasteiger charge is -2.20. The summed E-state index contributed by atoms with van der Waals surface area (Å²) in [7, 11) is -2.22. The van der Waals surface area contributed by atoms with Crippen LogP contribution in [0.5, 0.6) is 0 Å². The van der Waals surface area contributed by atoms with Gasteiger partial charge >= 0.3 is 0 Å². The minimum absolute atomic E-state index is 0.208. The molecule has 0 radical (unpaired) electrons. The van der Waals surface area contributed by atoms with Crippen LogP contribution in [-0.2, 0) is 16.6 Å². The van der Waals surface area contributed by atoms with Crippen LogP contribution in [0.3, 0.4) is 0 Å². The van der Waals surface area contributed by atoms with Gasteiger partial charge in [-0.25, -0.2) is 8.42 Å². The molecule has 0 atom stereocenters. The maximum Gasteiger partial charge on any atom is 0.264 e. The highest BCUT2D eigenvalue weighted by Crippen LogP contribution is 2.23. The van der Waals surface area contributed by atoms with Crippen LogP contribution >= 0.6 is 0 Å². The number of nitrogens with one attached hydrogen (secondary N) is 1. The third kappa shape index (κ3) is 4.40. The molecule has 0 aromatic heterocycles. The zero-order valence-electron chi connectivity index (χ0n) is 15.8. The van der Waals surface area contributed by atoms with Crippen molar-refractivity contribution in [2.24, 2.45) is 0 Å². The first-order valence-electron chi connectivity index (χ1n) is 8.86. The number of nitrogens with zero attached hydrogens (tertiary/aromatic N) is 1. The van der Waals surface area contributed by atoms with E-state index < -0.39 is 10.0 Å². The summed E-state index contributed by atoms with van der Waals surface area (Å²) < 4.78 is 26.9. The summed E-state index contributed by atoms with van der Waals surface area (Å²) in [4.78, 5) is 12.7. The molecule has 0 heterocycles. The number of amides is 1. The van der Waals surface area contributed by atoms with Gasteiger partial charge in [-0.1, -0.05) is 54.1 Å². The Balaban J connectivity index is 1.78. The molecule has 28 heavy (non-hydrogen) atoms. The zero-order valence-corrected chi connectivity index (χ0v) is 16.6. The number of benzene rings is 3. The second kappa shape index (κ2) is 8.27. The van der Waals surface area contributed by atoms with E-state index in [1.54, 1.807) is 48.5 Å². The Labute approximate surface area is 165 Å². The van der Waals surface area contributed by atoms with Crippen LogP contribution in [0.15, 0.2) is 83.8 Å². The second-order valence-corrected chi connectivity index (χ2v) is 8.47. The van der Waals surface area contributed by atoms with Gasteiger partial charge in [-0.2, -0.15) is 0 Å². The lowest BCUT2D eigenvalue weighted by Crippen LogP contribution is -2.27. The third-order valence-electron chi connectivity index (χ3n) is 4.45. The summed E-state index contributed by atoms with van der Waals surface area (Å²) in [6.07, 6.45) is 0. The van der Waals surface area contributed by atoms with Gasteiger partial charge < -0.3 is 5.32 Å². The van der Waals surface area contributed by atoms with Crippen molar-refractivity contribution in [3.8, 4) is 0 Å². The SMILES string of the molecule is Cc1ccc(S(=O)(=O)N(C)c2cccc(C(=O)NCc3ccccc3)c2)cc1. The molecule has 0 aliphatic heterocycles. The smallest absolute Gasteiger partial charge is 0.264 e. The first kappa shape index (κ1) is 19.6. The van der Waals surface area contributed by atoms with Crippen LogP contribution in [0.2, 0.25) is 0 Å². The standard InChI is InChI=1S/C22H22N2O3S/c1-17-11-13-21(14-12-17)28(26,27)24(2)20-10-6-9-19(15-20)22(25)23-16-18-7-4-3-5-8-18/h3-15H,16H2,1-2H3,(H,23,25). The van der Waals surface area contributed by atoms with Gasteiger partial charge in [0.05, 0.1) is 10.6 Å². The average Bonchev–Trinajstić information content (AvgIpc) is 2.72. The molecule has 0 aliphatic carbocycles. The van der Waals surface area contributed by atoms with Gasteiger partial charge in [0.2, 0.25) is 0 Å². The first-order chi connectivity index (χ1) is 13.4. The summed E-state index contributed by atoms with van der Waals surface area (Å²) >= 11 is 0. The first-order valence-corrected chi connectivity index (χ1v) is 10.3. The van der Waals surface area contributed by atoms with E-state index in [1.165, 1.54) is 11.4 Å². The van der Waals surface area contributed by atoms with Crippen molar-refractivity contribution >= 4 is 21.6 Å². The number of carbonyl (C=O) groups excluding carboxylic acids is 1. The normalized spacial score (nSPS) is 11.1. The Morgan fingerprint density at radius 3 is 2.29 bits per heavy atom. The highest BCUT2D eigenvalue weighted by Gasteiger charge is 2.21. The van der Waals surface area contributed by atoms with Gasteiger partial charge in [-0.15, -0.1) is 0 Å². The Morgan fingerprint density at radius 2 is 1.61 bits per heavy atom. The molecular weight excluding hydrogens is 372 g/mol. The summed E-state index contributed by atoms with van der Waals surface area (Å²) in [5, 5.41) is 2.85. The Bertz CT molecular complexity index is 1060. The summed E-state index contributed by atoms with van der Waals surface area (Å²) in [6, 6.07) is 22.9. The van der Waals surface area contributed by atoms with E-state index >= 15 is 0 Å². The topological polar surface area (TPSA) is 66.5 Å². The fourth-order valence-corrected chi connectivity index (χ4v) is 3.92. The molecule has 5 nitrogen and oxygen atoms in total. The van der Waals surface area contributed by atoms with Gasteiger partial charge in [0, 0.05) is 19.2 Å². The fourth-order valence-electron chi connectivity index (χ4n) is 2.73. The number of hydrogen-bond donors (Lipinski definition) is 1. The third-order valence-corrected chi connectivity index (χ3v) is 6.25. The molecule has 0 fully saturated rings. The molecule has 0 aliphatic rings. The van der Waals surface area contributed by atoms with Crippen molar-refractivity contribution in [2.45, 2.75) is 18.4 Å². The number of carbonyl (C=O) groups is 1. The minimum Gasteiger partial charge on any atom is -0.348 e. The second-order valence-electron chi connectivity index (χ2n) is 6.50. The number of hydrogen-bond acceptors (Lipinski definition) is 3. The molecule has 3 rings (SSSR count). The molecule has 0 saturated heterocycles. The number of sulfonamides is 1. The molecular formula is C22H22N2O3S. The van der Waals surface area contributed by atoms with Gasteiger partial charge in [0.15, 0.2) is 0 Å². The molecule has 3 aromatic carbocycles. The molecule has 0 bridgehead atoms. The van der Waals surface area contributed by atoms with Crippen LogP contribution in [-0.4, -0.2) is 21.4 Å². The van der Waals surface area contributed by atoms with E-state index in [1.807, 2.05) is 37.3 Å². The van der Waals surface area contributed by atoms with Gasteiger partial charge in [-0.3, -0.25) is 9.10 Å². The lowest BCUT2D eigenvalue weighted by atomic mass is 10.1. The van der Waals surface area contributed by atoms with Crippen LogP contribution < -0.4 is 9.62 Å². The van der Waals surface area contributed by atoms with Crippen molar-refractivity contribution in [3.63, 3.8) is 0 Å². The Kier molecular flexibility index (Phi) is 5.80. The lowest BCUT2D eigenvalue weighted by molar-refractivity contribution is 0.0951. The van der Waals surface area contributed by atoms with Gasteiger partial charge in [0.25, 0.3) is 15.9 Å². The van der Waals surface area contributed by atoms with Crippen molar-refractivity contribution in [1.82, 2.24) is 5.32 Å². The summed E-state index contributed by atoms with van der Waals surface area (Å²) in [5.41, 5.74) is 2.80. The molecule has 1 N–H and O–H groups in total. The average molecular weight is 394 g/mol. The van der Waals surface area contributed by atoms with Crippen LogP contribution in [0.4, 0.5) is 5.69 Å². The fraction of sp³-hybridized carbons (Fsp3) is 0.136. The highest BCUT2D eigenvalue weighted by molar-refractivity contribution is 7.92. The highest BCUT2D eigenvalue weighted by atomic mass is 32.2. The van der Waals surface area contributed by atoms with Crippen LogP contribution in [0.1, 0.15) is 21.5 Å². The number of rotatable bonds is 6. The molecule has 144 valence electrons. The van der Waals surface area contributed by atoms with Gasteiger partial charge in [-0.05, 0) is 42.8 Å². The number of aryl methyl sites for hydroxylation is 1. The van der Waals surface area contributed by atoms with Crippen LogP contribution in [0, 0.1) is 6.92 Å². The maximum absolute atomic E-state index is 12.9. The van der Waals surface area contributed by atoms with Crippen molar-refractivity contribution in [2.75, 3.05) is 11.4 Å². The van der Waals surface area contributed by atoms with E-state index in [-0.39, 0.29) is 10.8 Å². The quantitative estimate of drug-likeness (QED) is 0.692. The van der Waals surface area contributed by atoms with Crippen molar-refractivity contribution in [1.29, 1.82) is 0 Å². The van der Waals surface area contributed by atoms with E-state index in [9.17, 15) is 13.2 Å². The van der Waals surface area contributed by atoms with Crippen molar-refractivity contribution < 1.29 is 13.2 Å². The largest absolute Gasteiger partial charge is 0.348 e. The predicted molar refractivity (Wildman–Crippen MR) is 111 cm³/mol. The van der Waals surface area contributed by atoms with Crippen molar-refractivity contribution in [3.05, 3.63) is 95.6 Å². The monoisotopic (exact) mass is 394 g/mol.